The van der Waals surface area contributed by atoms with Crippen molar-refractivity contribution in [1.82, 2.24) is 5.32 Å². The summed E-state index contributed by atoms with van der Waals surface area (Å²) in [6, 6.07) is 0. The van der Waals surface area contributed by atoms with Crippen molar-refractivity contribution in [2.45, 2.75) is 71.3 Å². The summed E-state index contributed by atoms with van der Waals surface area (Å²) < 4.78 is 0. The molecule has 2 nitrogen and oxygen atoms in total. The molecule has 102 valence electrons. The molecule has 0 aromatic heterocycles. The maximum absolute atomic E-state index is 10.7. The smallest absolute Gasteiger partial charge is 0.0662 e. The molecule has 0 bridgehead atoms. The molecular weight excluding hydrogens is 210 g/mol. The van der Waals surface area contributed by atoms with E-state index >= 15 is 0 Å². The van der Waals surface area contributed by atoms with E-state index in [0.717, 1.165) is 25.4 Å². The van der Waals surface area contributed by atoms with Crippen LogP contribution in [0.5, 0.6) is 0 Å². The molecule has 1 fully saturated rings. The molecule has 1 aliphatic carbocycles. The lowest BCUT2D eigenvalue weighted by molar-refractivity contribution is -0.0490. The minimum atomic E-state index is -0.470. The van der Waals surface area contributed by atoms with Crippen molar-refractivity contribution in [3.63, 3.8) is 0 Å². The molecule has 1 aliphatic rings. The molecule has 1 rings (SSSR count). The van der Waals surface area contributed by atoms with E-state index in [2.05, 4.69) is 26.1 Å². The Kier molecular flexibility index (Phi) is 6.50. The van der Waals surface area contributed by atoms with Crippen LogP contribution in [0.4, 0.5) is 0 Å². The van der Waals surface area contributed by atoms with E-state index in [1.165, 1.54) is 38.5 Å². The van der Waals surface area contributed by atoms with Gasteiger partial charge < -0.3 is 10.4 Å². The van der Waals surface area contributed by atoms with Crippen LogP contribution in [0.25, 0.3) is 0 Å². The summed E-state index contributed by atoms with van der Waals surface area (Å²) >= 11 is 0. The zero-order chi connectivity index (χ0) is 12.7. The largest absolute Gasteiger partial charge is 0.390 e. The van der Waals surface area contributed by atoms with Crippen LogP contribution in [0.1, 0.15) is 65.7 Å². The number of hydrogen-bond acceptors (Lipinski definition) is 2. The second-order valence-electron chi connectivity index (χ2n) is 5.92. The molecule has 0 saturated heterocycles. The average Bonchev–Trinajstić information content (AvgIpc) is 2.34. The summed E-state index contributed by atoms with van der Waals surface area (Å²) in [5, 5.41) is 14.1. The maximum Gasteiger partial charge on any atom is 0.0662 e. The molecule has 0 amide bonds. The van der Waals surface area contributed by atoms with Crippen molar-refractivity contribution in [3.05, 3.63) is 0 Å². The molecule has 0 spiro atoms. The van der Waals surface area contributed by atoms with Crippen molar-refractivity contribution < 1.29 is 5.11 Å². The molecule has 0 aromatic rings. The highest BCUT2D eigenvalue weighted by Gasteiger charge is 2.37. The van der Waals surface area contributed by atoms with Gasteiger partial charge in [0.1, 0.15) is 0 Å². The topological polar surface area (TPSA) is 32.3 Å². The van der Waals surface area contributed by atoms with E-state index in [-0.39, 0.29) is 0 Å². The quantitative estimate of drug-likeness (QED) is 0.670. The second kappa shape index (κ2) is 7.38. The first-order chi connectivity index (χ1) is 8.11. The average molecular weight is 241 g/mol. The van der Waals surface area contributed by atoms with Crippen LogP contribution < -0.4 is 5.32 Å². The predicted molar refractivity (Wildman–Crippen MR) is 74.1 cm³/mol. The van der Waals surface area contributed by atoms with Gasteiger partial charge in [0.05, 0.1) is 5.60 Å². The maximum atomic E-state index is 10.7. The van der Waals surface area contributed by atoms with Gasteiger partial charge in [-0.15, -0.1) is 0 Å². The monoisotopic (exact) mass is 241 g/mol. The van der Waals surface area contributed by atoms with Gasteiger partial charge >= 0.3 is 0 Å². The molecule has 2 N–H and O–H groups in total. The summed E-state index contributed by atoms with van der Waals surface area (Å²) in [5.41, 5.74) is -0.470. The first-order valence-electron chi connectivity index (χ1n) is 7.55. The third-order valence-corrected chi connectivity index (χ3v) is 4.47. The first-order valence-corrected chi connectivity index (χ1v) is 7.55. The lowest BCUT2D eigenvalue weighted by Gasteiger charge is -2.41. The zero-order valence-electron chi connectivity index (χ0n) is 12.0. The zero-order valence-corrected chi connectivity index (χ0v) is 12.0. The fourth-order valence-corrected chi connectivity index (χ4v) is 3.34. The van der Waals surface area contributed by atoms with E-state index < -0.39 is 5.60 Å². The van der Waals surface area contributed by atoms with Crippen LogP contribution in [0, 0.1) is 11.8 Å². The van der Waals surface area contributed by atoms with Crippen LogP contribution in [-0.2, 0) is 0 Å². The highest BCUT2D eigenvalue weighted by Crippen LogP contribution is 2.40. The van der Waals surface area contributed by atoms with Gasteiger partial charge in [-0.1, -0.05) is 39.5 Å². The van der Waals surface area contributed by atoms with Gasteiger partial charge in [-0.25, -0.2) is 0 Å². The molecule has 17 heavy (non-hydrogen) atoms. The first kappa shape index (κ1) is 15.0. The summed E-state index contributed by atoms with van der Waals surface area (Å²) in [4.78, 5) is 0. The molecule has 1 saturated carbocycles. The Labute approximate surface area is 107 Å². The standard InChI is InChI=1S/C15H31NO/c1-4-11-16-12-10-15(3,17)14-9-7-6-8-13(14)5-2/h13-14,16-17H,4-12H2,1-3H3. The van der Waals surface area contributed by atoms with Crippen molar-refractivity contribution in [2.24, 2.45) is 11.8 Å². The van der Waals surface area contributed by atoms with Gasteiger partial charge in [0.25, 0.3) is 0 Å². The summed E-state index contributed by atoms with van der Waals surface area (Å²) in [5.74, 6) is 1.26. The number of rotatable bonds is 7. The van der Waals surface area contributed by atoms with E-state index in [1.807, 2.05) is 0 Å². The van der Waals surface area contributed by atoms with Crippen molar-refractivity contribution in [2.75, 3.05) is 13.1 Å². The number of aliphatic hydroxyl groups is 1. The third kappa shape index (κ3) is 4.59. The molecule has 3 unspecified atom stereocenters. The lowest BCUT2D eigenvalue weighted by Crippen LogP contribution is -2.42. The van der Waals surface area contributed by atoms with Crippen molar-refractivity contribution in [1.29, 1.82) is 0 Å². The minimum absolute atomic E-state index is 0.470. The van der Waals surface area contributed by atoms with Gasteiger partial charge in [0.2, 0.25) is 0 Å². The SMILES string of the molecule is CCCNCCC(C)(O)C1CCCCC1CC. The third-order valence-electron chi connectivity index (χ3n) is 4.47. The van der Waals surface area contributed by atoms with E-state index in [0.29, 0.717) is 5.92 Å². The summed E-state index contributed by atoms with van der Waals surface area (Å²) in [6.45, 7) is 8.53. The Morgan fingerprint density at radius 1 is 1.18 bits per heavy atom. The van der Waals surface area contributed by atoms with E-state index in [9.17, 15) is 5.11 Å². The van der Waals surface area contributed by atoms with E-state index in [4.69, 9.17) is 0 Å². The van der Waals surface area contributed by atoms with E-state index in [1.54, 1.807) is 0 Å². The number of nitrogens with one attached hydrogen (secondary N) is 1. The van der Waals surface area contributed by atoms with Crippen molar-refractivity contribution in [3.8, 4) is 0 Å². The highest BCUT2D eigenvalue weighted by atomic mass is 16.3. The Bertz CT molecular complexity index is 203. The Hall–Kier alpha value is -0.0800. The van der Waals surface area contributed by atoms with Gasteiger partial charge in [-0.3, -0.25) is 0 Å². The number of hydrogen-bond donors (Lipinski definition) is 2. The highest BCUT2D eigenvalue weighted by molar-refractivity contribution is 4.89. The molecule has 2 heteroatoms. The summed E-state index contributed by atoms with van der Waals surface area (Å²) in [6.07, 6.45) is 8.50. The van der Waals surface area contributed by atoms with Crippen LogP contribution in [-0.4, -0.2) is 23.8 Å². The van der Waals surface area contributed by atoms with Crippen LogP contribution in [0.3, 0.4) is 0 Å². The summed E-state index contributed by atoms with van der Waals surface area (Å²) in [7, 11) is 0. The Morgan fingerprint density at radius 2 is 1.88 bits per heavy atom. The molecule has 0 aromatic carbocycles. The van der Waals surface area contributed by atoms with Crippen LogP contribution in [0.15, 0.2) is 0 Å². The van der Waals surface area contributed by atoms with Crippen LogP contribution in [0.2, 0.25) is 0 Å². The van der Waals surface area contributed by atoms with Gasteiger partial charge in [0, 0.05) is 0 Å². The predicted octanol–water partition coefficient (Wildman–Crippen LogP) is 3.34. The Morgan fingerprint density at radius 3 is 2.53 bits per heavy atom. The molecule has 0 radical (unpaired) electrons. The fourth-order valence-electron chi connectivity index (χ4n) is 3.34. The molecular formula is C15H31NO. The van der Waals surface area contributed by atoms with Gasteiger partial charge in [0.15, 0.2) is 0 Å². The molecule has 3 atom stereocenters. The van der Waals surface area contributed by atoms with Gasteiger partial charge in [-0.2, -0.15) is 0 Å². The Balaban J connectivity index is 2.42. The van der Waals surface area contributed by atoms with Crippen LogP contribution >= 0.6 is 0 Å². The second-order valence-corrected chi connectivity index (χ2v) is 5.92. The normalized spacial score (nSPS) is 28.9. The molecule has 0 aliphatic heterocycles. The molecule has 0 heterocycles. The fraction of sp³-hybridized carbons (Fsp3) is 1.00. The van der Waals surface area contributed by atoms with Crippen molar-refractivity contribution >= 4 is 0 Å². The van der Waals surface area contributed by atoms with Gasteiger partial charge in [-0.05, 0) is 51.1 Å². The minimum Gasteiger partial charge on any atom is -0.390 e. The lowest BCUT2D eigenvalue weighted by atomic mass is 9.68.